The second-order valence-electron chi connectivity index (χ2n) is 10.4. The average molecular weight is 602 g/mol. The van der Waals surface area contributed by atoms with Gasteiger partial charge in [0, 0.05) is 29.9 Å². The Morgan fingerprint density at radius 2 is 1.30 bits per heavy atom. The highest BCUT2D eigenvalue weighted by Crippen LogP contribution is 2.19. The molecule has 0 radical (unpaired) electrons. The van der Waals surface area contributed by atoms with Crippen LogP contribution in [-0.4, -0.2) is 74.8 Å². The number of amides is 3. The van der Waals surface area contributed by atoms with E-state index < -0.39 is 54.5 Å². The lowest BCUT2D eigenvalue weighted by atomic mass is 10.0. The molecule has 0 saturated heterocycles. The summed E-state index contributed by atoms with van der Waals surface area (Å²) in [5.74, 6) is -3.58. The van der Waals surface area contributed by atoms with Crippen LogP contribution in [0.5, 0.6) is 5.75 Å². The first-order chi connectivity index (χ1) is 21.1. The van der Waals surface area contributed by atoms with Crippen molar-refractivity contribution in [3.63, 3.8) is 0 Å². The molecule has 4 unspecified atom stereocenters. The Labute approximate surface area is 253 Å². The molecule has 230 valence electrons. The number of phenolic OH excluding ortho intramolecular Hbond substituents is 1. The van der Waals surface area contributed by atoms with Crippen LogP contribution in [0.15, 0.2) is 85.1 Å². The zero-order chi connectivity index (χ0) is 31.6. The number of aliphatic hydroxyl groups excluding tert-OH is 1. The van der Waals surface area contributed by atoms with Gasteiger partial charge in [-0.25, -0.2) is 4.79 Å². The maximum absolute atomic E-state index is 13.5. The number of carboxylic acid groups (broad SMARTS) is 1. The summed E-state index contributed by atoms with van der Waals surface area (Å²) in [6.07, 6.45) is 1.79. The molecular weight excluding hydrogens is 566 g/mol. The van der Waals surface area contributed by atoms with Gasteiger partial charge < -0.3 is 42.0 Å². The van der Waals surface area contributed by atoms with Crippen molar-refractivity contribution in [2.75, 3.05) is 6.61 Å². The van der Waals surface area contributed by atoms with E-state index in [1.54, 1.807) is 18.3 Å². The fourth-order valence-electron chi connectivity index (χ4n) is 4.78. The number of aromatic nitrogens is 1. The van der Waals surface area contributed by atoms with Crippen molar-refractivity contribution in [2.45, 2.75) is 43.4 Å². The van der Waals surface area contributed by atoms with E-state index >= 15 is 0 Å². The van der Waals surface area contributed by atoms with E-state index in [1.807, 2.05) is 54.6 Å². The fraction of sp³-hybridized carbons (Fsp3) is 0.250. The number of rotatable bonds is 14. The molecule has 0 fully saturated rings. The summed E-state index contributed by atoms with van der Waals surface area (Å²) in [4.78, 5) is 54.8. The summed E-state index contributed by atoms with van der Waals surface area (Å²) in [5, 5.41) is 37.6. The second-order valence-corrected chi connectivity index (χ2v) is 10.4. The van der Waals surface area contributed by atoms with Gasteiger partial charge in [-0.15, -0.1) is 0 Å². The predicted octanol–water partition coefficient (Wildman–Crippen LogP) is 0.760. The van der Waals surface area contributed by atoms with Gasteiger partial charge in [-0.1, -0.05) is 60.7 Å². The summed E-state index contributed by atoms with van der Waals surface area (Å²) in [5.41, 5.74) is 8.89. The minimum absolute atomic E-state index is 0.0118. The molecule has 0 aliphatic carbocycles. The Bertz CT molecular complexity index is 1590. The number of carbonyl (C=O) groups excluding carboxylic acids is 3. The molecule has 4 aromatic rings. The summed E-state index contributed by atoms with van der Waals surface area (Å²) in [6, 6.07) is 17.3. The average Bonchev–Trinajstić information content (AvgIpc) is 3.43. The van der Waals surface area contributed by atoms with Crippen molar-refractivity contribution in [2.24, 2.45) is 5.73 Å². The van der Waals surface area contributed by atoms with Gasteiger partial charge in [-0.3, -0.25) is 14.4 Å². The first-order valence-corrected chi connectivity index (χ1v) is 14.0. The van der Waals surface area contributed by atoms with Crippen LogP contribution in [0.4, 0.5) is 0 Å². The van der Waals surface area contributed by atoms with E-state index in [0.717, 1.165) is 16.5 Å². The molecule has 4 rings (SSSR count). The van der Waals surface area contributed by atoms with Gasteiger partial charge in [0.15, 0.2) is 0 Å². The predicted molar refractivity (Wildman–Crippen MR) is 162 cm³/mol. The normalized spacial score (nSPS) is 13.8. The number of hydrogen-bond acceptors (Lipinski definition) is 7. The number of fused-ring (bicyclic) bond motifs is 1. The maximum Gasteiger partial charge on any atom is 0.326 e. The lowest BCUT2D eigenvalue weighted by molar-refractivity contribution is -0.142. The summed E-state index contributed by atoms with van der Waals surface area (Å²) >= 11 is 0. The van der Waals surface area contributed by atoms with Gasteiger partial charge in [-0.2, -0.15) is 0 Å². The van der Waals surface area contributed by atoms with Crippen molar-refractivity contribution >= 4 is 34.6 Å². The molecule has 0 aliphatic heterocycles. The highest BCUT2D eigenvalue weighted by atomic mass is 16.4. The molecule has 1 aromatic heterocycles. The highest BCUT2D eigenvalue weighted by molar-refractivity contribution is 5.95. The number of nitrogens with one attached hydrogen (secondary N) is 4. The van der Waals surface area contributed by atoms with Crippen molar-refractivity contribution in [3.8, 4) is 5.75 Å². The van der Waals surface area contributed by atoms with Crippen molar-refractivity contribution < 1.29 is 34.5 Å². The Morgan fingerprint density at radius 1 is 0.705 bits per heavy atom. The highest BCUT2D eigenvalue weighted by Gasteiger charge is 2.31. The smallest absolute Gasteiger partial charge is 0.326 e. The summed E-state index contributed by atoms with van der Waals surface area (Å²) in [7, 11) is 0. The number of phenols is 1. The monoisotopic (exact) mass is 601 g/mol. The van der Waals surface area contributed by atoms with Crippen LogP contribution in [0.2, 0.25) is 0 Å². The van der Waals surface area contributed by atoms with E-state index in [2.05, 4.69) is 20.9 Å². The number of carbonyl (C=O) groups is 4. The number of benzene rings is 3. The third-order valence-corrected chi connectivity index (χ3v) is 7.17. The third-order valence-electron chi connectivity index (χ3n) is 7.17. The van der Waals surface area contributed by atoms with Crippen LogP contribution in [0.1, 0.15) is 16.7 Å². The van der Waals surface area contributed by atoms with E-state index in [0.29, 0.717) is 11.1 Å². The number of nitrogens with two attached hydrogens (primary N) is 1. The third kappa shape index (κ3) is 8.43. The topological polar surface area (TPSA) is 207 Å². The quantitative estimate of drug-likeness (QED) is 0.103. The van der Waals surface area contributed by atoms with E-state index in [-0.39, 0.29) is 25.0 Å². The van der Waals surface area contributed by atoms with E-state index in [1.165, 1.54) is 12.1 Å². The molecule has 44 heavy (non-hydrogen) atoms. The van der Waals surface area contributed by atoms with Crippen LogP contribution in [0.3, 0.4) is 0 Å². The number of aromatic hydroxyl groups is 1. The number of aliphatic carboxylic acids is 1. The Morgan fingerprint density at radius 3 is 1.98 bits per heavy atom. The van der Waals surface area contributed by atoms with Crippen LogP contribution in [0, 0.1) is 0 Å². The minimum atomic E-state index is -1.42. The van der Waals surface area contributed by atoms with Crippen LogP contribution >= 0.6 is 0 Å². The fourth-order valence-corrected chi connectivity index (χ4v) is 4.78. The largest absolute Gasteiger partial charge is 0.508 e. The molecule has 0 spiro atoms. The van der Waals surface area contributed by atoms with Gasteiger partial charge in [0.25, 0.3) is 0 Å². The van der Waals surface area contributed by atoms with Crippen LogP contribution < -0.4 is 21.7 Å². The Kier molecular flexibility index (Phi) is 10.7. The lowest BCUT2D eigenvalue weighted by Crippen LogP contribution is -2.58. The first kappa shape index (κ1) is 31.7. The molecule has 3 aromatic carbocycles. The number of carboxylic acids is 1. The number of para-hydroxylation sites is 1. The standard InChI is InChI=1S/C32H35N5O7/c33-24(14-19-6-2-1-3-7-19)29(40)37-28(18-38)31(42)35-26(16-21-17-34-25-9-5-4-8-23(21)25)30(41)36-27(32(43)44)15-20-10-12-22(39)13-11-20/h1-13,17,24,26-28,34,38-39H,14-16,18,33H2,(H,35,42)(H,36,41)(H,37,40)(H,43,44). The molecule has 0 bridgehead atoms. The first-order valence-electron chi connectivity index (χ1n) is 14.0. The number of hydrogen-bond donors (Lipinski definition) is 8. The maximum atomic E-state index is 13.5. The SMILES string of the molecule is NC(Cc1ccccc1)C(=O)NC(CO)C(=O)NC(Cc1c[nH]c2ccccc12)C(=O)NC(Cc1ccc(O)cc1)C(=O)O. The van der Waals surface area contributed by atoms with Crippen LogP contribution in [-0.2, 0) is 38.4 Å². The van der Waals surface area contributed by atoms with E-state index in [9.17, 15) is 34.5 Å². The zero-order valence-electron chi connectivity index (χ0n) is 23.8. The zero-order valence-corrected chi connectivity index (χ0v) is 23.8. The van der Waals surface area contributed by atoms with Gasteiger partial charge in [0.05, 0.1) is 12.6 Å². The summed E-state index contributed by atoms with van der Waals surface area (Å²) < 4.78 is 0. The lowest BCUT2D eigenvalue weighted by Gasteiger charge is -2.24. The van der Waals surface area contributed by atoms with Crippen molar-refractivity contribution in [1.29, 1.82) is 0 Å². The molecule has 0 aliphatic rings. The van der Waals surface area contributed by atoms with Crippen molar-refractivity contribution in [3.05, 3.63) is 102 Å². The molecular formula is C32H35N5O7. The molecule has 12 heteroatoms. The van der Waals surface area contributed by atoms with Gasteiger partial charge in [0.1, 0.15) is 23.9 Å². The molecule has 4 atom stereocenters. The van der Waals surface area contributed by atoms with E-state index in [4.69, 9.17) is 5.73 Å². The molecule has 3 amide bonds. The molecule has 9 N–H and O–H groups in total. The van der Waals surface area contributed by atoms with Crippen molar-refractivity contribution in [1.82, 2.24) is 20.9 Å². The Hall–Kier alpha value is -5.20. The van der Waals surface area contributed by atoms with Gasteiger partial charge >= 0.3 is 5.97 Å². The van der Waals surface area contributed by atoms with Crippen LogP contribution in [0.25, 0.3) is 10.9 Å². The molecule has 0 saturated carbocycles. The number of aromatic amines is 1. The Balaban J connectivity index is 1.50. The molecule has 1 heterocycles. The second kappa shape index (κ2) is 14.8. The van der Waals surface area contributed by atoms with Gasteiger partial charge in [-0.05, 0) is 41.3 Å². The minimum Gasteiger partial charge on any atom is -0.508 e. The van der Waals surface area contributed by atoms with Gasteiger partial charge in [0.2, 0.25) is 17.7 Å². The summed E-state index contributed by atoms with van der Waals surface area (Å²) in [6.45, 7) is -0.768. The molecule has 12 nitrogen and oxygen atoms in total. The number of H-pyrrole nitrogens is 1. The number of aliphatic hydroxyl groups is 1.